The number of rotatable bonds is 3. The second kappa shape index (κ2) is 5.33. The van der Waals surface area contributed by atoms with Crippen molar-refractivity contribution < 1.29 is 14.3 Å². The molecule has 0 bridgehead atoms. The third-order valence-electron chi connectivity index (χ3n) is 3.03. The lowest BCUT2D eigenvalue weighted by molar-refractivity contribution is -0.122. The molecule has 0 aromatic heterocycles. The average Bonchev–Trinajstić information content (AvgIpc) is 2.37. The molecule has 0 aliphatic carbocycles. The molecule has 0 spiro atoms. The van der Waals surface area contributed by atoms with E-state index in [4.69, 9.17) is 4.74 Å². The molecular weight excluding hydrogens is 310 g/mol. The van der Waals surface area contributed by atoms with Gasteiger partial charge in [0.15, 0.2) is 11.9 Å². The molecule has 1 aliphatic rings. The topological polar surface area (TPSA) is 55.4 Å². The van der Waals surface area contributed by atoms with Crippen LogP contribution in [0.1, 0.15) is 31.1 Å². The molecular formula is C14H16BrNO3. The molecule has 2 unspecified atom stereocenters. The number of hydrogen-bond acceptors (Lipinski definition) is 3. The predicted octanol–water partition coefficient (Wildman–Crippen LogP) is 3.01. The molecule has 1 aliphatic heterocycles. The Bertz CT molecular complexity index is 527. The van der Waals surface area contributed by atoms with Crippen molar-refractivity contribution in [3.8, 4) is 5.75 Å². The van der Waals surface area contributed by atoms with E-state index in [1.807, 2.05) is 13.8 Å². The summed E-state index contributed by atoms with van der Waals surface area (Å²) in [6.07, 6.45) is -0.506. The third kappa shape index (κ3) is 2.81. The highest BCUT2D eigenvalue weighted by Gasteiger charge is 2.26. The first-order chi connectivity index (χ1) is 8.90. The van der Waals surface area contributed by atoms with E-state index >= 15 is 0 Å². The average molecular weight is 326 g/mol. The molecule has 2 atom stereocenters. The number of halogens is 1. The number of ether oxygens (including phenoxy) is 1. The van der Waals surface area contributed by atoms with Crippen molar-refractivity contribution in [1.82, 2.24) is 0 Å². The molecule has 1 amide bonds. The number of anilines is 1. The van der Waals surface area contributed by atoms with Gasteiger partial charge in [0, 0.05) is 5.56 Å². The maximum Gasteiger partial charge on any atom is 0.265 e. The fourth-order valence-electron chi connectivity index (χ4n) is 1.82. The van der Waals surface area contributed by atoms with Gasteiger partial charge in [0.1, 0.15) is 5.75 Å². The third-order valence-corrected chi connectivity index (χ3v) is 4.50. The summed E-state index contributed by atoms with van der Waals surface area (Å²) in [6.45, 7) is 5.63. The summed E-state index contributed by atoms with van der Waals surface area (Å²) in [4.78, 5) is 23.5. The Morgan fingerprint density at radius 3 is 2.74 bits per heavy atom. The molecule has 0 radical (unpaired) electrons. The van der Waals surface area contributed by atoms with E-state index in [0.29, 0.717) is 17.0 Å². The van der Waals surface area contributed by atoms with Crippen molar-refractivity contribution in [2.45, 2.75) is 31.7 Å². The molecule has 4 nitrogen and oxygen atoms in total. The number of amides is 1. The summed E-state index contributed by atoms with van der Waals surface area (Å²) in [5, 5.41) is 2.74. The van der Waals surface area contributed by atoms with E-state index in [0.717, 1.165) is 0 Å². The molecule has 1 heterocycles. The van der Waals surface area contributed by atoms with E-state index in [-0.39, 0.29) is 22.4 Å². The first-order valence-corrected chi connectivity index (χ1v) is 7.11. The van der Waals surface area contributed by atoms with Crippen LogP contribution in [0.25, 0.3) is 0 Å². The maximum atomic E-state index is 12.2. The number of fused-ring (bicyclic) bond motifs is 1. The molecule has 2 rings (SSSR count). The Balaban J connectivity index is 2.29. The van der Waals surface area contributed by atoms with Gasteiger partial charge in [-0.1, -0.05) is 29.8 Å². The van der Waals surface area contributed by atoms with E-state index in [9.17, 15) is 9.59 Å². The minimum atomic E-state index is -0.506. The Morgan fingerprint density at radius 2 is 2.11 bits per heavy atom. The number of nitrogens with one attached hydrogen (secondary N) is 1. The van der Waals surface area contributed by atoms with Gasteiger partial charge in [-0.25, -0.2) is 0 Å². The molecule has 0 saturated carbocycles. The van der Waals surface area contributed by atoms with Crippen LogP contribution in [0.3, 0.4) is 0 Å². The van der Waals surface area contributed by atoms with Gasteiger partial charge in [0.05, 0.1) is 10.5 Å². The number of ketones is 1. The number of hydrogen-bond donors (Lipinski definition) is 1. The molecule has 1 N–H and O–H groups in total. The second-order valence-corrected chi connectivity index (χ2v) is 5.96. The highest BCUT2D eigenvalue weighted by molar-refractivity contribution is 9.10. The zero-order chi connectivity index (χ0) is 14.2. The molecule has 102 valence electrons. The van der Waals surface area contributed by atoms with E-state index in [1.165, 1.54) is 0 Å². The van der Waals surface area contributed by atoms with Gasteiger partial charge in [-0.05, 0) is 31.0 Å². The zero-order valence-electron chi connectivity index (χ0n) is 11.1. The van der Waals surface area contributed by atoms with Crippen LogP contribution >= 0.6 is 15.9 Å². The van der Waals surface area contributed by atoms with Gasteiger partial charge in [-0.3, -0.25) is 9.59 Å². The Labute approximate surface area is 120 Å². The molecule has 1 aromatic carbocycles. The summed E-state index contributed by atoms with van der Waals surface area (Å²) >= 11 is 3.39. The lowest BCUT2D eigenvalue weighted by Crippen LogP contribution is -2.34. The summed E-state index contributed by atoms with van der Waals surface area (Å²) in [6, 6.07) is 5.11. The number of benzene rings is 1. The molecule has 19 heavy (non-hydrogen) atoms. The lowest BCUT2D eigenvalue weighted by Gasteiger charge is -2.24. The largest absolute Gasteiger partial charge is 0.479 e. The van der Waals surface area contributed by atoms with Crippen molar-refractivity contribution in [3.05, 3.63) is 23.8 Å². The Kier molecular flexibility index (Phi) is 3.94. The van der Waals surface area contributed by atoms with Crippen LogP contribution in [-0.4, -0.2) is 22.6 Å². The molecule has 0 saturated heterocycles. The monoisotopic (exact) mass is 325 g/mol. The lowest BCUT2D eigenvalue weighted by atomic mass is 10.00. The van der Waals surface area contributed by atoms with E-state index in [2.05, 4.69) is 21.2 Å². The number of carbonyl (C=O) groups excluding carboxylic acids is 2. The van der Waals surface area contributed by atoms with Crippen molar-refractivity contribution in [3.63, 3.8) is 0 Å². The highest BCUT2D eigenvalue weighted by atomic mass is 79.9. The first kappa shape index (κ1) is 14.1. The van der Waals surface area contributed by atoms with Crippen LogP contribution in [0.5, 0.6) is 5.75 Å². The maximum absolute atomic E-state index is 12.2. The molecule has 5 heteroatoms. The van der Waals surface area contributed by atoms with Crippen molar-refractivity contribution in [1.29, 1.82) is 0 Å². The second-order valence-electron chi connectivity index (χ2n) is 4.97. The van der Waals surface area contributed by atoms with E-state index < -0.39 is 6.10 Å². The van der Waals surface area contributed by atoms with Gasteiger partial charge < -0.3 is 10.1 Å². The summed E-state index contributed by atoms with van der Waals surface area (Å²) in [5.41, 5.74) is 1.12. The van der Waals surface area contributed by atoms with Crippen LogP contribution in [0.2, 0.25) is 0 Å². The van der Waals surface area contributed by atoms with Gasteiger partial charge in [0.25, 0.3) is 5.91 Å². The van der Waals surface area contributed by atoms with Crippen molar-refractivity contribution in [2.24, 2.45) is 5.92 Å². The van der Waals surface area contributed by atoms with Crippen molar-refractivity contribution in [2.75, 3.05) is 5.32 Å². The van der Waals surface area contributed by atoms with Crippen molar-refractivity contribution >= 4 is 33.3 Å². The predicted molar refractivity (Wildman–Crippen MR) is 77.0 cm³/mol. The minimum Gasteiger partial charge on any atom is -0.479 e. The summed E-state index contributed by atoms with van der Waals surface area (Å²) < 4.78 is 5.45. The van der Waals surface area contributed by atoms with Crippen LogP contribution in [0, 0.1) is 5.92 Å². The SMILES string of the molecule is CC1Oc2ccc(C(=O)C(Br)C(C)C)cc2NC1=O. The van der Waals surface area contributed by atoms with Crippen LogP contribution in [-0.2, 0) is 4.79 Å². The van der Waals surface area contributed by atoms with Crippen LogP contribution in [0.15, 0.2) is 18.2 Å². The fourth-order valence-corrected chi connectivity index (χ4v) is 2.09. The number of alkyl halides is 1. The fraction of sp³-hybridized carbons (Fsp3) is 0.429. The Morgan fingerprint density at radius 1 is 1.42 bits per heavy atom. The van der Waals surface area contributed by atoms with Gasteiger partial charge in [0.2, 0.25) is 0 Å². The normalized spacial score (nSPS) is 19.4. The van der Waals surface area contributed by atoms with Gasteiger partial charge in [-0.2, -0.15) is 0 Å². The van der Waals surface area contributed by atoms with Gasteiger partial charge >= 0.3 is 0 Å². The quantitative estimate of drug-likeness (QED) is 0.686. The molecule has 1 aromatic rings. The Hall–Kier alpha value is -1.36. The number of Topliss-reactive ketones (excluding diaryl/α,β-unsaturated/α-hetero) is 1. The summed E-state index contributed by atoms with van der Waals surface area (Å²) in [5.74, 6) is 0.607. The standard InChI is InChI=1S/C14H16BrNO3/c1-7(2)12(15)13(17)9-4-5-11-10(6-9)16-14(18)8(3)19-11/h4-8,12H,1-3H3,(H,16,18). The molecule has 0 fully saturated rings. The smallest absolute Gasteiger partial charge is 0.265 e. The van der Waals surface area contributed by atoms with Crippen LogP contribution in [0.4, 0.5) is 5.69 Å². The van der Waals surface area contributed by atoms with E-state index in [1.54, 1.807) is 25.1 Å². The van der Waals surface area contributed by atoms with Gasteiger partial charge in [-0.15, -0.1) is 0 Å². The highest BCUT2D eigenvalue weighted by Crippen LogP contribution is 2.31. The minimum absolute atomic E-state index is 0.00525. The van der Waals surface area contributed by atoms with Crippen LogP contribution < -0.4 is 10.1 Å². The zero-order valence-corrected chi connectivity index (χ0v) is 12.7. The number of carbonyl (C=O) groups is 2. The first-order valence-electron chi connectivity index (χ1n) is 6.20. The summed E-state index contributed by atoms with van der Waals surface area (Å²) in [7, 11) is 0.